The van der Waals surface area contributed by atoms with Gasteiger partial charge in [-0.25, -0.2) is 0 Å². The molecule has 0 radical (unpaired) electrons. The van der Waals surface area contributed by atoms with Crippen molar-refractivity contribution in [2.45, 2.75) is 38.7 Å². The van der Waals surface area contributed by atoms with Gasteiger partial charge in [0.2, 0.25) is 11.8 Å². The van der Waals surface area contributed by atoms with Crippen LogP contribution in [-0.4, -0.2) is 51.9 Å². The van der Waals surface area contributed by atoms with Crippen molar-refractivity contribution in [3.63, 3.8) is 0 Å². The van der Waals surface area contributed by atoms with Gasteiger partial charge < -0.3 is 25.4 Å². The maximum Gasteiger partial charge on any atom is 0.238 e. The van der Waals surface area contributed by atoms with Gasteiger partial charge in [-0.3, -0.25) is 19.5 Å². The maximum atomic E-state index is 14.0. The van der Waals surface area contributed by atoms with E-state index in [0.717, 1.165) is 33.8 Å². The minimum Gasteiger partial charge on any atom is -0.504 e. The zero-order valence-electron chi connectivity index (χ0n) is 27.9. The fourth-order valence-electron chi connectivity index (χ4n) is 7.24. The number of halogens is 1. The van der Waals surface area contributed by atoms with Gasteiger partial charge in [0.15, 0.2) is 11.5 Å². The standard InChI is InChI=1S/C40H40IN3O6/c1-3-25-22-30-37(40(49)44(39(30)48)29-15-13-28(14-16-29)43-27-9-5-4-6-10-27)31(23-45)36(25)34(46)17-12-26(33-11-7-8-18-42-33)19-24-20-32(41)38(47)35(21-24)50-2/h4-11,13-16,18-21,30-31,34,37,43,45-47H,3,12,17,22-23H2,1-2H3/b26-19-/t30-,31+,34-,37-/m1/s1. The second kappa shape index (κ2) is 15.6. The summed E-state index contributed by atoms with van der Waals surface area (Å²) in [7, 11) is 1.50. The number of imide groups is 1. The summed E-state index contributed by atoms with van der Waals surface area (Å²) < 4.78 is 6.00. The number of benzene rings is 3. The highest BCUT2D eigenvalue weighted by Crippen LogP contribution is 2.48. The molecule has 50 heavy (non-hydrogen) atoms. The average molecular weight is 786 g/mol. The van der Waals surface area contributed by atoms with E-state index in [0.29, 0.717) is 46.3 Å². The number of nitrogens with one attached hydrogen (secondary N) is 1. The molecule has 0 saturated carbocycles. The smallest absolute Gasteiger partial charge is 0.238 e. The molecule has 2 heterocycles. The molecule has 0 bridgehead atoms. The number of phenolic OH excluding ortho intramolecular Hbond substituents is 1. The third-order valence-electron chi connectivity index (χ3n) is 9.65. The zero-order chi connectivity index (χ0) is 35.4. The van der Waals surface area contributed by atoms with Crippen molar-refractivity contribution < 1.29 is 29.6 Å². The number of rotatable bonds is 12. The lowest BCUT2D eigenvalue weighted by atomic mass is 9.67. The lowest BCUT2D eigenvalue weighted by molar-refractivity contribution is -0.123. The van der Waals surface area contributed by atoms with Gasteiger partial charge >= 0.3 is 0 Å². The van der Waals surface area contributed by atoms with Crippen molar-refractivity contribution in [2.24, 2.45) is 17.8 Å². The Hall–Kier alpha value is -4.52. The van der Waals surface area contributed by atoms with E-state index in [1.165, 1.54) is 12.0 Å². The number of carbonyl (C=O) groups excluding carboxylic acids is 2. The van der Waals surface area contributed by atoms with Gasteiger partial charge in [0.25, 0.3) is 0 Å². The first kappa shape index (κ1) is 35.3. The highest BCUT2D eigenvalue weighted by Gasteiger charge is 2.55. The third kappa shape index (κ3) is 7.19. The Labute approximate surface area is 305 Å². The van der Waals surface area contributed by atoms with Gasteiger partial charge in [-0.1, -0.05) is 36.8 Å². The van der Waals surface area contributed by atoms with Gasteiger partial charge in [0, 0.05) is 23.5 Å². The number of amides is 2. The van der Waals surface area contributed by atoms with Crippen molar-refractivity contribution in [3.05, 3.63) is 117 Å². The number of fused-ring (bicyclic) bond motifs is 1. The van der Waals surface area contributed by atoms with Crippen LogP contribution in [0.15, 0.2) is 102 Å². The summed E-state index contributed by atoms with van der Waals surface area (Å²) in [6.07, 6.45) is 4.41. The van der Waals surface area contributed by atoms with E-state index in [1.807, 2.05) is 79.7 Å². The van der Waals surface area contributed by atoms with Crippen molar-refractivity contribution in [3.8, 4) is 11.5 Å². The number of aliphatic hydroxyl groups excluding tert-OH is 2. The van der Waals surface area contributed by atoms with Crippen LogP contribution in [0, 0.1) is 21.3 Å². The Bertz CT molecular complexity index is 1910. The van der Waals surface area contributed by atoms with E-state index >= 15 is 0 Å². The number of para-hydroxylation sites is 1. The first-order valence-electron chi connectivity index (χ1n) is 16.7. The molecule has 2 aliphatic rings. The summed E-state index contributed by atoms with van der Waals surface area (Å²) in [4.78, 5) is 33.7. The number of aromatic nitrogens is 1. The minimum absolute atomic E-state index is 0.0697. The van der Waals surface area contributed by atoms with E-state index in [1.54, 1.807) is 24.4 Å². The molecule has 10 heteroatoms. The molecule has 1 aromatic heterocycles. The summed E-state index contributed by atoms with van der Waals surface area (Å²) in [5.41, 5.74) is 6.20. The highest BCUT2D eigenvalue weighted by atomic mass is 127. The Balaban J connectivity index is 1.24. The van der Waals surface area contributed by atoms with E-state index < -0.39 is 23.9 Å². The van der Waals surface area contributed by atoms with Gasteiger partial charge in [0.05, 0.1) is 46.6 Å². The largest absolute Gasteiger partial charge is 0.504 e. The summed E-state index contributed by atoms with van der Waals surface area (Å²) in [5.74, 6) is -2.28. The maximum absolute atomic E-state index is 14.0. The molecule has 1 saturated heterocycles. The summed E-state index contributed by atoms with van der Waals surface area (Å²) in [6.45, 7) is 1.62. The fraction of sp³-hybridized carbons (Fsp3) is 0.275. The Kier molecular flexibility index (Phi) is 11.0. The van der Waals surface area contributed by atoms with E-state index in [4.69, 9.17) is 4.74 Å². The lowest BCUT2D eigenvalue weighted by Crippen LogP contribution is -2.39. The van der Waals surface area contributed by atoms with Crippen LogP contribution in [0.5, 0.6) is 11.5 Å². The number of carbonyl (C=O) groups is 2. The summed E-state index contributed by atoms with van der Waals surface area (Å²) in [5, 5.41) is 36.3. The first-order valence-corrected chi connectivity index (χ1v) is 17.8. The first-order chi connectivity index (χ1) is 24.2. The second-order valence-electron chi connectivity index (χ2n) is 12.6. The van der Waals surface area contributed by atoms with E-state index in [2.05, 4.69) is 32.9 Å². The summed E-state index contributed by atoms with van der Waals surface area (Å²) >= 11 is 2.06. The number of hydrogen-bond donors (Lipinski definition) is 4. The molecule has 4 aromatic rings. The number of aliphatic hydroxyl groups is 2. The van der Waals surface area contributed by atoms with Crippen molar-refractivity contribution >= 4 is 63.1 Å². The average Bonchev–Trinajstić information content (AvgIpc) is 3.39. The van der Waals surface area contributed by atoms with Crippen LogP contribution in [0.4, 0.5) is 17.1 Å². The minimum atomic E-state index is -0.954. The molecule has 4 N–H and O–H groups in total. The number of hydrogen-bond acceptors (Lipinski definition) is 8. The number of aromatic hydroxyl groups is 1. The molecule has 258 valence electrons. The number of pyridine rings is 1. The number of methoxy groups -OCH3 is 1. The van der Waals surface area contributed by atoms with Gasteiger partial charge in [0.1, 0.15) is 0 Å². The Morgan fingerprint density at radius 1 is 1.04 bits per heavy atom. The second-order valence-corrected chi connectivity index (χ2v) is 13.7. The van der Waals surface area contributed by atoms with Gasteiger partial charge in [-0.2, -0.15) is 0 Å². The number of anilines is 3. The molecule has 3 aromatic carbocycles. The summed E-state index contributed by atoms with van der Waals surface area (Å²) in [6, 6.07) is 26.1. The van der Waals surface area contributed by atoms with Crippen LogP contribution in [-0.2, 0) is 9.59 Å². The highest BCUT2D eigenvalue weighted by molar-refractivity contribution is 14.1. The fourth-order valence-corrected chi connectivity index (χ4v) is 7.87. The molecule has 1 aliphatic carbocycles. The van der Waals surface area contributed by atoms with Crippen molar-refractivity contribution in [1.29, 1.82) is 0 Å². The topological polar surface area (TPSA) is 132 Å². The SMILES string of the molecule is CCC1=C([C@H](O)CC/C(=C/c2cc(I)c(O)c(OC)c2)c2ccccn2)[C@H](CO)[C@@H]2C(=O)N(c3ccc(Nc4ccccc4)cc3)C(=O)[C@@H]2C1. The molecule has 6 rings (SSSR count). The third-order valence-corrected chi connectivity index (χ3v) is 10.5. The van der Waals surface area contributed by atoms with Crippen molar-refractivity contribution in [1.82, 2.24) is 4.98 Å². The monoisotopic (exact) mass is 785 g/mol. The van der Waals surface area contributed by atoms with Crippen LogP contribution in [0.2, 0.25) is 0 Å². The number of phenols is 1. The Morgan fingerprint density at radius 3 is 2.42 bits per heavy atom. The molecular formula is C40H40IN3O6. The molecule has 9 nitrogen and oxygen atoms in total. The number of allylic oxidation sites excluding steroid dienone is 2. The van der Waals surface area contributed by atoms with Crippen LogP contribution >= 0.6 is 22.6 Å². The van der Waals surface area contributed by atoms with Gasteiger partial charge in [-0.15, -0.1) is 0 Å². The zero-order valence-corrected chi connectivity index (χ0v) is 30.1. The van der Waals surface area contributed by atoms with Gasteiger partial charge in [-0.05, 0) is 132 Å². The predicted molar refractivity (Wildman–Crippen MR) is 203 cm³/mol. The molecule has 0 unspecified atom stereocenters. The number of ether oxygens (including phenoxy) is 1. The molecular weight excluding hydrogens is 745 g/mol. The normalized spacial score (nSPS) is 19.8. The molecule has 0 spiro atoms. The van der Waals surface area contributed by atoms with Crippen molar-refractivity contribution in [2.75, 3.05) is 23.9 Å². The molecule has 1 fully saturated rings. The van der Waals surface area contributed by atoms with Crippen LogP contribution in [0.1, 0.15) is 43.9 Å². The molecule has 2 amide bonds. The van der Waals surface area contributed by atoms with Crippen LogP contribution in [0.3, 0.4) is 0 Å². The van der Waals surface area contributed by atoms with E-state index in [-0.39, 0.29) is 24.2 Å². The Morgan fingerprint density at radius 2 is 1.76 bits per heavy atom. The molecule has 4 atom stereocenters. The number of nitrogens with zero attached hydrogens (tertiary/aromatic N) is 2. The molecule has 1 aliphatic heterocycles. The predicted octanol–water partition coefficient (Wildman–Crippen LogP) is 7.35. The van der Waals surface area contributed by atoms with Crippen LogP contribution < -0.4 is 15.0 Å². The lowest BCUT2D eigenvalue weighted by Gasteiger charge is -2.36. The van der Waals surface area contributed by atoms with Crippen LogP contribution in [0.25, 0.3) is 11.6 Å². The quantitative estimate of drug-likeness (QED) is 0.0667. The van der Waals surface area contributed by atoms with E-state index in [9.17, 15) is 24.9 Å².